The minimum Gasteiger partial charge on any atom is -0.364 e. The van der Waals surface area contributed by atoms with Crippen molar-refractivity contribution in [3.63, 3.8) is 0 Å². The fourth-order valence-electron chi connectivity index (χ4n) is 3.39. The number of carbonyl (C=O) groups is 1. The molecule has 1 aromatic heterocycles. The largest absolute Gasteiger partial charge is 0.364 e. The number of likely N-dealkylation sites (tertiary alicyclic amines) is 1. The average Bonchev–Trinajstić information content (AvgIpc) is 2.82. The van der Waals surface area contributed by atoms with Crippen LogP contribution < -0.4 is 5.73 Å². The molecular formula is C19H23FN4O. The van der Waals surface area contributed by atoms with Crippen LogP contribution >= 0.6 is 0 Å². The molecule has 1 saturated heterocycles. The van der Waals surface area contributed by atoms with E-state index in [9.17, 15) is 9.18 Å². The minimum absolute atomic E-state index is 0.136. The van der Waals surface area contributed by atoms with Gasteiger partial charge in [-0.25, -0.2) is 14.4 Å². The molecule has 5 nitrogen and oxygen atoms in total. The van der Waals surface area contributed by atoms with Crippen LogP contribution in [0.3, 0.4) is 0 Å². The molecule has 3 rings (SSSR count). The lowest BCUT2D eigenvalue weighted by molar-refractivity contribution is 0.0995. The summed E-state index contributed by atoms with van der Waals surface area (Å²) in [5.74, 6) is -0.162. The number of primary amides is 1. The summed E-state index contributed by atoms with van der Waals surface area (Å²) < 4.78 is 13.8. The maximum Gasteiger partial charge on any atom is 0.267 e. The van der Waals surface area contributed by atoms with Gasteiger partial charge in [0.15, 0.2) is 0 Å². The number of carbonyl (C=O) groups excluding carboxylic acids is 1. The Balaban J connectivity index is 1.57. The van der Waals surface area contributed by atoms with Crippen molar-refractivity contribution in [1.82, 2.24) is 14.9 Å². The second-order valence-corrected chi connectivity index (χ2v) is 6.63. The van der Waals surface area contributed by atoms with E-state index >= 15 is 0 Å². The molecule has 25 heavy (non-hydrogen) atoms. The highest BCUT2D eigenvalue weighted by Gasteiger charge is 2.19. The molecule has 1 aliphatic heterocycles. The van der Waals surface area contributed by atoms with E-state index < -0.39 is 5.91 Å². The van der Waals surface area contributed by atoms with E-state index in [1.807, 2.05) is 12.1 Å². The molecule has 0 aliphatic carbocycles. The Labute approximate surface area is 147 Å². The lowest BCUT2D eigenvalue weighted by atomic mass is 9.95. The quantitative estimate of drug-likeness (QED) is 0.906. The van der Waals surface area contributed by atoms with Gasteiger partial charge in [-0.2, -0.15) is 0 Å². The van der Waals surface area contributed by atoms with Crippen LogP contribution in [-0.2, 0) is 13.0 Å². The summed E-state index contributed by atoms with van der Waals surface area (Å²) in [4.78, 5) is 21.7. The Bertz CT molecular complexity index is 737. The van der Waals surface area contributed by atoms with Crippen molar-refractivity contribution in [2.24, 2.45) is 11.7 Å². The zero-order valence-corrected chi connectivity index (χ0v) is 14.2. The highest BCUT2D eigenvalue weighted by Crippen LogP contribution is 2.22. The number of amides is 1. The van der Waals surface area contributed by atoms with Gasteiger partial charge in [0.1, 0.15) is 17.8 Å². The highest BCUT2D eigenvalue weighted by molar-refractivity contribution is 5.90. The fourth-order valence-corrected chi connectivity index (χ4v) is 3.39. The molecule has 0 saturated carbocycles. The van der Waals surface area contributed by atoms with E-state index in [0.717, 1.165) is 50.0 Å². The van der Waals surface area contributed by atoms with Crippen LogP contribution in [0, 0.1) is 11.7 Å². The number of rotatable bonds is 5. The molecule has 0 unspecified atom stereocenters. The Morgan fingerprint density at radius 2 is 2.08 bits per heavy atom. The van der Waals surface area contributed by atoms with E-state index in [4.69, 9.17) is 5.73 Å². The number of hydrogen-bond acceptors (Lipinski definition) is 4. The summed E-state index contributed by atoms with van der Waals surface area (Å²) in [7, 11) is 0. The number of halogens is 1. The SMILES string of the molecule is NC(=O)c1cc(C[C@H]2CCCN(Cc3ccccc3F)CC2)ncn1. The number of benzene rings is 1. The van der Waals surface area contributed by atoms with Gasteiger partial charge in [0, 0.05) is 17.8 Å². The van der Waals surface area contributed by atoms with Crippen LogP contribution in [0.25, 0.3) is 0 Å². The summed E-state index contributed by atoms with van der Waals surface area (Å²) >= 11 is 0. The number of nitrogens with zero attached hydrogens (tertiary/aromatic N) is 3. The number of hydrogen-bond donors (Lipinski definition) is 1. The lowest BCUT2D eigenvalue weighted by Crippen LogP contribution is -2.25. The maximum atomic E-state index is 13.8. The standard InChI is InChI=1S/C19H23FN4O/c20-17-6-2-1-5-15(17)12-24-8-3-4-14(7-9-24)10-16-11-18(19(21)25)23-13-22-16/h1-2,5-6,11,13-14H,3-4,7-10,12H2,(H2,21,25)/t14-/m0/s1. The first-order chi connectivity index (χ1) is 12.1. The Morgan fingerprint density at radius 1 is 1.24 bits per heavy atom. The third-order valence-electron chi connectivity index (χ3n) is 4.77. The molecule has 2 N–H and O–H groups in total. The second-order valence-electron chi connectivity index (χ2n) is 6.63. The zero-order chi connectivity index (χ0) is 17.6. The summed E-state index contributed by atoms with van der Waals surface area (Å²) in [6, 6.07) is 8.65. The van der Waals surface area contributed by atoms with E-state index in [-0.39, 0.29) is 11.5 Å². The van der Waals surface area contributed by atoms with Gasteiger partial charge in [-0.15, -0.1) is 0 Å². The summed E-state index contributed by atoms with van der Waals surface area (Å²) in [5.41, 5.74) is 7.15. The normalized spacial score (nSPS) is 18.7. The number of aromatic nitrogens is 2. The third-order valence-corrected chi connectivity index (χ3v) is 4.77. The molecule has 6 heteroatoms. The molecule has 0 radical (unpaired) electrons. The van der Waals surface area contributed by atoms with Crippen LogP contribution in [0.4, 0.5) is 4.39 Å². The van der Waals surface area contributed by atoms with Crippen molar-refractivity contribution in [3.8, 4) is 0 Å². The first-order valence-electron chi connectivity index (χ1n) is 8.68. The van der Waals surface area contributed by atoms with Crippen molar-refractivity contribution in [1.29, 1.82) is 0 Å². The van der Waals surface area contributed by atoms with Crippen LogP contribution in [0.2, 0.25) is 0 Å². The van der Waals surface area contributed by atoms with Crippen molar-refractivity contribution < 1.29 is 9.18 Å². The zero-order valence-electron chi connectivity index (χ0n) is 14.2. The van der Waals surface area contributed by atoms with Gasteiger partial charge in [0.25, 0.3) is 5.91 Å². The molecule has 2 aromatic rings. The van der Waals surface area contributed by atoms with Crippen molar-refractivity contribution in [3.05, 3.63) is 59.4 Å². The number of nitrogens with two attached hydrogens (primary N) is 1. The van der Waals surface area contributed by atoms with Gasteiger partial charge in [-0.1, -0.05) is 18.2 Å². The fraction of sp³-hybridized carbons (Fsp3) is 0.421. The van der Waals surface area contributed by atoms with Crippen LogP contribution in [0.15, 0.2) is 36.7 Å². The summed E-state index contributed by atoms with van der Waals surface area (Å²) in [5, 5.41) is 0. The monoisotopic (exact) mass is 342 g/mol. The third kappa shape index (κ3) is 4.82. The van der Waals surface area contributed by atoms with E-state index in [1.54, 1.807) is 12.1 Å². The maximum absolute atomic E-state index is 13.8. The van der Waals surface area contributed by atoms with Crippen LogP contribution in [0.5, 0.6) is 0 Å². The highest BCUT2D eigenvalue weighted by atomic mass is 19.1. The van der Waals surface area contributed by atoms with Gasteiger partial charge in [-0.3, -0.25) is 9.69 Å². The molecular weight excluding hydrogens is 319 g/mol. The van der Waals surface area contributed by atoms with Gasteiger partial charge in [-0.05, 0) is 56.8 Å². The van der Waals surface area contributed by atoms with E-state index in [2.05, 4.69) is 14.9 Å². The lowest BCUT2D eigenvalue weighted by Gasteiger charge is -2.20. The smallest absolute Gasteiger partial charge is 0.267 e. The van der Waals surface area contributed by atoms with Gasteiger partial charge >= 0.3 is 0 Å². The van der Waals surface area contributed by atoms with Crippen molar-refractivity contribution in [2.45, 2.75) is 32.2 Å². The molecule has 0 spiro atoms. The van der Waals surface area contributed by atoms with E-state index in [1.165, 1.54) is 12.4 Å². The predicted octanol–water partition coefficient (Wildman–Crippen LogP) is 2.56. The molecule has 132 valence electrons. The van der Waals surface area contributed by atoms with Gasteiger partial charge in [0.05, 0.1) is 0 Å². The molecule has 1 amide bonds. The van der Waals surface area contributed by atoms with Gasteiger partial charge < -0.3 is 5.73 Å². The first kappa shape index (κ1) is 17.5. The Morgan fingerprint density at radius 3 is 2.88 bits per heavy atom. The predicted molar refractivity (Wildman–Crippen MR) is 93.3 cm³/mol. The molecule has 1 aromatic carbocycles. The van der Waals surface area contributed by atoms with Gasteiger partial charge in [0.2, 0.25) is 0 Å². The summed E-state index contributed by atoms with van der Waals surface area (Å²) in [6.45, 7) is 2.56. The topological polar surface area (TPSA) is 72.1 Å². The Hall–Kier alpha value is -2.34. The molecule has 0 bridgehead atoms. The summed E-state index contributed by atoms with van der Waals surface area (Å²) in [6.07, 6.45) is 5.42. The van der Waals surface area contributed by atoms with Crippen LogP contribution in [-0.4, -0.2) is 33.9 Å². The second kappa shape index (κ2) is 8.16. The molecule has 1 atom stereocenters. The average molecular weight is 342 g/mol. The van der Waals surface area contributed by atoms with Crippen LogP contribution in [0.1, 0.15) is 41.0 Å². The molecule has 1 aliphatic rings. The Kier molecular flexibility index (Phi) is 5.71. The molecule has 2 heterocycles. The molecule has 1 fully saturated rings. The van der Waals surface area contributed by atoms with E-state index in [0.29, 0.717) is 12.5 Å². The minimum atomic E-state index is -0.527. The van der Waals surface area contributed by atoms with Crippen molar-refractivity contribution >= 4 is 5.91 Å². The van der Waals surface area contributed by atoms with Crippen molar-refractivity contribution in [2.75, 3.05) is 13.1 Å². The first-order valence-corrected chi connectivity index (χ1v) is 8.68.